The van der Waals surface area contributed by atoms with Crippen LogP contribution in [0.2, 0.25) is 0 Å². The number of nitrogens with zero attached hydrogens (tertiary/aromatic N) is 4. The zero-order chi connectivity index (χ0) is 21.7. The summed E-state index contributed by atoms with van der Waals surface area (Å²) in [7, 11) is 0. The number of likely N-dealkylation sites (tertiary alicyclic amines) is 1. The lowest BCUT2D eigenvalue weighted by Crippen LogP contribution is -2.46. The Bertz CT molecular complexity index is 1380. The fraction of sp³-hybridized carbons (Fsp3) is 0.304. The third-order valence-corrected chi connectivity index (χ3v) is 6.58. The van der Waals surface area contributed by atoms with Crippen LogP contribution in [-0.4, -0.2) is 50.2 Å². The fourth-order valence-corrected chi connectivity index (χ4v) is 4.78. The van der Waals surface area contributed by atoms with Crippen LogP contribution in [0.5, 0.6) is 11.8 Å². The Morgan fingerprint density at radius 2 is 2.12 bits per heavy atom. The third kappa shape index (κ3) is 3.17. The molecule has 6 rings (SSSR count). The first-order valence-corrected chi connectivity index (χ1v) is 10.7. The van der Waals surface area contributed by atoms with Gasteiger partial charge in [0.2, 0.25) is 0 Å². The van der Waals surface area contributed by atoms with Crippen LogP contribution in [0, 0.1) is 5.41 Å². The van der Waals surface area contributed by atoms with Gasteiger partial charge in [-0.05, 0) is 25.0 Å². The summed E-state index contributed by atoms with van der Waals surface area (Å²) in [4.78, 5) is 34.0. The van der Waals surface area contributed by atoms with Gasteiger partial charge in [-0.3, -0.25) is 19.3 Å². The summed E-state index contributed by atoms with van der Waals surface area (Å²) < 4.78 is 7.68. The molecule has 3 aliphatic rings. The standard InChI is InChI=1S/C23H22N6O3/c30-20-17-6-8-24-12-18(17)26-22(27-20)32-16-11-25-29(13-16)19-10-23(19)7-9-28(14-23)21(31)15-4-2-1-3-5-15/h1-6,11-13,19,24H,7-10,14H2,(H,26,27,30). The average Bonchev–Trinajstić information content (AvgIpc) is 3.10. The van der Waals surface area contributed by atoms with Crippen molar-refractivity contribution in [1.82, 2.24) is 30.0 Å². The largest absolute Gasteiger partial charge is 0.422 e. The number of carbonyl (C=O) groups excluding carboxylic acids is 1. The SMILES string of the molecule is O=C(c1ccccc1)N1CCC2(CC2n2cc(Oc3nc4c(c(=O)[nH]3)=CCNC=4)cn2)C1. The molecule has 1 aromatic carbocycles. The average molecular weight is 430 g/mol. The summed E-state index contributed by atoms with van der Waals surface area (Å²) in [6.07, 6.45) is 8.90. The summed E-state index contributed by atoms with van der Waals surface area (Å²) in [5.41, 5.74) is 0.571. The van der Waals surface area contributed by atoms with Crippen LogP contribution in [0.15, 0.2) is 47.5 Å². The predicted octanol–water partition coefficient (Wildman–Crippen LogP) is 0.358. The summed E-state index contributed by atoms with van der Waals surface area (Å²) in [5.74, 6) is 0.599. The molecule has 2 atom stereocenters. The van der Waals surface area contributed by atoms with E-state index >= 15 is 0 Å². The molecular weight excluding hydrogens is 408 g/mol. The summed E-state index contributed by atoms with van der Waals surface area (Å²) in [5, 5.41) is 8.61. The molecule has 1 amide bonds. The number of rotatable bonds is 4. The van der Waals surface area contributed by atoms with Crippen LogP contribution in [0.3, 0.4) is 0 Å². The minimum atomic E-state index is -0.231. The van der Waals surface area contributed by atoms with Crippen molar-refractivity contribution in [3.63, 3.8) is 0 Å². The number of aromatic nitrogens is 4. The number of H-pyrrole nitrogens is 1. The molecule has 2 aromatic heterocycles. The second-order valence-electron chi connectivity index (χ2n) is 8.61. The molecule has 0 radical (unpaired) electrons. The smallest absolute Gasteiger partial charge is 0.302 e. The minimum Gasteiger partial charge on any atom is -0.422 e. The molecule has 1 saturated carbocycles. The zero-order valence-corrected chi connectivity index (χ0v) is 17.3. The van der Waals surface area contributed by atoms with Gasteiger partial charge in [0.15, 0.2) is 5.75 Å². The quantitative estimate of drug-likeness (QED) is 0.619. The molecule has 2 N–H and O–H groups in total. The maximum Gasteiger partial charge on any atom is 0.302 e. The van der Waals surface area contributed by atoms with Crippen LogP contribution >= 0.6 is 0 Å². The number of hydrogen-bond donors (Lipinski definition) is 2. The van der Waals surface area contributed by atoms with Gasteiger partial charge in [0.05, 0.1) is 29.0 Å². The van der Waals surface area contributed by atoms with E-state index in [1.54, 1.807) is 18.5 Å². The van der Waals surface area contributed by atoms with E-state index in [0.717, 1.165) is 31.5 Å². The molecule has 1 saturated heterocycles. The van der Waals surface area contributed by atoms with E-state index in [4.69, 9.17) is 4.74 Å². The van der Waals surface area contributed by atoms with Gasteiger partial charge in [0, 0.05) is 36.8 Å². The molecule has 4 heterocycles. The number of fused-ring (bicyclic) bond motifs is 1. The summed E-state index contributed by atoms with van der Waals surface area (Å²) in [6.45, 7) is 2.10. The molecule has 0 bridgehead atoms. The first-order chi connectivity index (χ1) is 15.6. The Hall–Kier alpha value is -3.88. The number of aromatic amines is 1. The summed E-state index contributed by atoms with van der Waals surface area (Å²) in [6, 6.07) is 9.78. The van der Waals surface area contributed by atoms with E-state index in [9.17, 15) is 9.59 Å². The Labute approximate surface area is 183 Å². The second-order valence-corrected chi connectivity index (χ2v) is 8.61. The molecule has 2 aliphatic heterocycles. The molecule has 2 unspecified atom stereocenters. The lowest BCUT2D eigenvalue weighted by molar-refractivity contribution is 0.0783. The van der Waals surface area contributed by atoms with Crippen molar-refractivity contribution in [2.75, 3.05) is 19.6 Å². The van der Waals surface area contributed by atoms with E-state index in [1.807, 2.05) is 46.1 Å². The van der Waals surface area contributed by atoms with Crippen LogP contribution in [0.1, 0.15) is 29.2 Å². The number of ether oxygens (including phenoxy) is 1. The topological polar surface area (TPSA) is 105 Å². The third-order valence-electron chi connectivity index (χ3n) is 6.58. The highest BCUT2D eigenvalue weighted by molar-refractivity contribution is 5.94. The molecule has 2 fully saturated rings. The van der Waals surface area contributed by atoms with Gasteiger partial charge < -0.3 is 15.0 Å². The van der Waals surface area contributed by atoms with Crippen LogP contribution < -0.4 is 26.2 Å². The number of carbonyl (C=O) groups is 1. The number of nitrogens with one attached hydrogen (secondary N) is 2. The van der Waals surface area contributed by atoms with Gasteiger partial charge in [-0.1, -0.05) is 24.3 Å². The van der Waals surface area contributed by atoms with Crippen molar-refractivity contribution in [3.8, 4) is 11.8 Å². The molecule has 1 spiro atoms. The molecule has 9 heteroatoms. The first kappa shape index (κ1) is 18.9. The zero-order valence-electron chi connectivity index (χ0n) is 17.3. The van der Waals surface area contributed by atoms with Gasteiger partial charge in [-0.25, -0.2) is 0 Å². The first-order valence-electron chi connectivity index (χ1n) is 10.7. The maximum absolute atomic E-state index is 12.8. The highest BCUT2D eigenvalue weighted by atomic mass is 16.5. The number of benzene rings is 1. The monoisotopic (exact) mass is 430 g/mol. The van der Waals surface area contributed by atoms with Crippen molar-refractivity contribution in [2.24, 2.45) is 5.41 Å². The minimum absolute atomic E-state index is 0.0720. The van der Waals surface area contributed by atoms with Gasteiger partial charge >= 0.3 is 6.01 Å². The van der Waals surface area contributed by atoms with Crippen molar-refractivity contribution in [1.29, 1.82) is 0 Å². The molecule has 9 nitrogen and oxygen atoms in total. The van der Waals surface area contributed by atoms with Gasteiger partial charge in [0.25, 0.3) is 11.5 Å². The van der Waals surface area contributed by atoms with Crippen LogP contribution in [-0.2, 0) is 0 Å². The van der Waals surface area contributed by atoms with E-state index in [0.29, 0.717) is 22.9 Å². The van der Waals surface area contributed by atoms with E-state index in [2.05, 4.69) is 20.4 Å². The Morgan fingerprint density at radius 1 is 1.25 bits per heavy atom. The highest BCUT2D eigenvalue weighted by Gasteiger charge is 2.59. The Balaban J connectivity index is 1.16. The van der Waals surface area contributed by atoms with Gasteiger partial charge in [0.1, 0.15) is 0 Å². The lowest BCUT2D eigenvalue weighted by Gasteiger charge is -2.16. The molecule has 32 heavy (non-hydrogen) atoms. The van der Waals surface area contributed by atoms with Gasteiger partial charge in [-0.15, -0.1) is 0 Å². The molecule has 162 valence electrons. The predicted molar refractivity (Wildman–Crippen MR) is 116 cm³/mol. The summed E-state index contributed by atoms with van der Waals surface area (Å²) >= 11 is 0. The van der Waals surface area contributed by atoms with Crippen molar-refractivity contribution < 1.29 is 9.53 Å². The van der Waals surface area contributed by atoms with Crippen molar-refractivity contribution >= 4 is 18.2 Å². The van der Waals surface area contributed by atoms with Crippen LogP contribution in [0.25, 0.3) is 12.3 Å². The van der Waals surface area contributed by atoms with E-state index < -0.39 is 0 Å². The number of hydrogen-bond acceptors (Lipinski definition) is 6. The van der Waals surface area contributed by atoms with Gasteiger partial charge in [-0.2, -0.15) is 10.1 Å². The molecular formula is C23H22N6O3. The second kappa shape index (κ2) is 7.08. The number of amides is 1. The Kier molecular flexibility index (Phi) is 4.17. The normalized spacial score (nSPS) is 23.1. The van der Waals surface area contributed by atoms with E-state index in [1.165, 1.54) is 0 Å². The molecule has 3 aromatic rings. The van der Waals surface area contributed by atoms with Crippen LogP contribution in [0.4, 0.5) is 0 Å². The lowest BCUT2D eigenvalue weighted by atomic mass is 10.1. The fourth-order valence-electron chi connectivity index (χ4n) is 4.78. The Morgan fingerprint density at radius 3 is 3.00 bits per heavy atom. The molecule has 1 aliphatic carbocycles. The highest BCUT2D eigenvalue weighted by Crippen LogP contribution is 2.61. The van der Waals surface area contributed by atoms with Crippen molar-refractivity contribution in [2.45, 2.75) is 18.9 Å². The van der Waals surface area contributed by atoms with E-state index in [-0.39, 0.29) is 28.9 Å². The van der Waals surface area contributed by atoms with Crippen molar-refractivity contribution in [3.05, 3.63) is 69.2 Å². The maximum atomic E-state index is 12.8.